The average molecular weight is 283 g/mol. The Kier molecular flexibility index (Phi) is 3.78. The molecule has 3 rings (SSSR count). The molecule has 4 heteroatoms. The molecule has 1 amide bonds. The van der Waals surface area contributed by atoms with Gasteiger partial charge in [0, 0.05) is 30.7 Å². The fraction of sp³-hybridized carbons (Fsp3) is 0.412. The van der Waals surface area contributed by atoms with E-state index in [1.807, 2.05) is 36.1 Å². The van der Waals surface area contributed by atoms with E-state index in [9.17, 15) is 4.79 Å². The van der Waals surface area contributed by atoms with Crippen molar-refractivity contribution in [3.8, 4) is 0 Å². The minimum absolute atomic E-state index is 0.103. The fourth-order valence-corrected chi connectivity index (χ4v) is 3.06. The lowest BCUT2D eigenvalue weighted by Crippen LogP contribution is -2.33. The van der Waals surface area contributed by atoms with Gasteiger partial charge in [0.05, 0.1) is 5.56 Å². The zero-order chi connectivity index (χ0) is 14.8. The Morgan fingerprint density at radius 2 is 2.14 bits per heavy atom. The maximum atomic E-state index is 12.8. The highest BCUT2D eigenvalue weighted by molar-refractivity contribution is 6.09. The second-order valence-corrected chi connectivity index (χ2v) is 5.59. The van der Waals surface area contributed by atoms with Gasteiger partial charge in [0.25, 0.3) is 5.91 Å². The molecular weight excluding hydrogens is 262 g/mol. The Bertz CT molecular complexity index is 668. The molecule has 1 aromatic carbocycles. The molecule has 0 spiro atoms. The number of hydrogen-bond acceptors (Lipinski definition) is 3. The highest BCUT2D eigenvalue weighted by Crippen LogP contribution is 2.27. The third-order valence-electron chi connectivity index (χ3n) is 4.18. The first-order chi connectivity index (χ1) is 10.2. The number of aromatic nitrogens is 1. The molecule has 1 atom stereocenters. The van der Waals surface area contributed by atoms with E-state index in [1.54, 1.807) is 6.20 Å². The van der Waals surface area contributed by atoms with Crippen LogP contribution in [0.3, 0.4) is 0 Å². The van der Waals surface area contributed by atoms with Crippen molar-refractivity contribution in [1.82, 2.24) is 9.88 Å². The standard InChI is InChI=1S/C17H21N3O/c1-3-18-16-14-9-5-4-8-13(14)15(11-19-16)17(21)20-10-6-7-12(20)2/h4-5,8-9,11-12H,3,6-7,10H2,1-2H3,(H,18,19). The molecule has 1 unspecified atom stereocenters. The van der Waals surface area contributed by atoms with E-state index in [0.29, 0.717) is 11.6 Å². The Morgan fingerprint density at radius 1 is 1.38 bits per heavy atom. The number of nitrogens with zero attached hydrogens (tertiary/aromatic N) is 2. The molecule has 21 heavy (non-hydrogen) atoms. The molecule has 1 saturated heterocycles. The van der Waals surface area contributed by atoms with Crippen molar-refractivity contribution < 1.29 is 4.79 Å². The molecule has 1 fully saturated rings. The van der Waals surface area contributed by atoms with Crippen LogP contribution in [0.25, 0.3) is 10.8 Å². The number of likely N-dealkylation sites (tertiary alicyclic amines) is 1. The van der Waals surface area contributed by atoms with E-state index < -0.39 is 0 Å². The van der Waals surface area contributed by atoms with Gasteiger partial charge in [-0.25, -0.2) is 4.98 Å². The van der Waals surface area contributed by atoms with Crippen molar-refractivity contribution in [1.29, 1.82) is 0 Å². The molecular formula is C17H21N3O. The van der Waals surface area contributed by atoms with Crippen molar-refractivity contribution in [3.05, 3.63) is 36.0 Å². The van der Waals surface area contributed by atoms with Gasteiger partial charge in [-0.2, -0.15) is 0 Å². The summed E-state index contributed by atoms with van der Waals surface area (Å²) in [5.41, 5.74) is 0.709. The lowest BCUT2D eigenvalue weighted by Gasteiger charge is -2.22. The number of carbonyl (C=O) groups excluding carboxylic acids is 1. The van der Waals surface area contributed by atoms with Crippen molar-refractivity contribution in [2.45, 2.75) is 32.7 Å². The number of hydrogen-bond donors (Lipinski definition) is 1. The van der Waals surface area contributed by atoms with Crippen LogP contribution in [0.1, 0.15) is 37.0 Å². The summed E-state index contributed by atoms with van der Waals surface area (Å²) >= 11 is 0. The van der Waals surface area contributed by atoms with Gasteiger partial charge >= 0.3 is 0 Å². The molecule has 1 aliphatic rings. The van der Waals surface area contributed by atoms with Crippen molar-refractivity contribution in [3.63, 3.8) is 0 Å². The summed E-state index contributed by atoms with van der Waals surface area (Å²) in [6, 6.07) is 8.31. The number of benzene rings is 1. The van der Waals surface area contributed by atoms with Gasteiger partial charge in [-0.3, -0.25) is 4.79 Å². The Labute approximate surface area is 125 Å². The molecule has 4 nitrogen and oxygen atoms in total. The number of anilines is 1. The molecule has 0 aliphatic carbocycles. The van der Waals surface area contributed by atoms with Gasteiger partial charge < -0.3 is 10.2 Å². The third-order valence-corrected chi connectivity index (χ3v) is 4.18. The average Bonchev–Trinajstić information content (AvgIpc) is 2.93. The Balaban J connectivity index is 2.07. The minimum Gasteiger partial charge on any atom is -0.370 e. The number of carbonyl (C=O) groups is 1. The molecule has 110 valence electrons. The fourth-order valence-electron chi connectivity index (χ4n) is 3.06. The van der Waals surface area contributed by atoms with Crippen LogP contribution in [-0.4, -0.2) is 34.9 Å². The zero-order valence-corrected chi connectivity index (χ0v) is 12.6. The van der Waals surface area contributed by atoms with Gasteiger partial charge in [0.1, 0.15) is 5.82 Å². The molecule has 1 aromatic heterocycles. The second kappa shape index (κ2) is 5.72. The molecule has 0 bridgehead atoms. The van der Waals surface area contributed by atoms with Crippen LogP contribution in [0, 0.1) is 0 Å². The van der Waals surface area contributed by atoms with Crippen LogP contribution in [0.15, 0.2) is 30.5 Å². The molecule has 0 radical (unpaired) electrons. The Morgan fingerprint density at radius 3 is 2.81 bits per heavy atom. The minimum atomic E-state index is 0.103. The SMILES string of the molecule is CCNc1ncc(C(=O)N2CCCC2C)c2ccccc12. The quantitative estimate of drug-likeness (QED) is 0.940. The van der Waals surface area contributed by atoms with Gasteiger partial charge in [-0.05, 0) is 32.1 Å². The highest BCUT2D eigenvalue weighted by Gasteiger charge is 2.27. The Hall–Kier alpha value is -2.10. The van der Waals surface area contributed by atoms with Gasteiger partial charge in [0.15, 0.2) is 0 Å². The molecule has 1 aliphatic heterocycles. The first-order valence-corrected chi connectivity index (χ1v) is 7.65. The maximum absolute atomic E-state index is 12.8. The van der Waals surface area contributed by atoms with E-state index >= 15 is 0 Å². The summed E-state index contributed by atoms with van der Waals surface area (Å²) in [6.07, 6.45) is 3.90. The molecule has 2 heterocycles. The first-order valence-electron chi connectivity index (χ1n) is 7.65. The number of nitrogens with one attached hydrogen (secondary N) is 1. The third kappa shape index (κ3) is 2.46. The molecule has 1 N–H and O–H groups in total. The van der Waals surface area contributed by atoms with Crippen molar-refractivity contribution >= 4 is 22.5 Å². The van der Waals surface area contributed by atoms with Gasteiger partial charge in [-0.15, -0.1) is 0 Å². The topological polar surface area (TPSA) is 45.2 Å². The largest absolute Gasteiger partial charge is 0.370 e. The van der Waals surface area contributed by atoms with E-state index in [0.717, 1.165) is 42.5 Å². The van der Waals surface area contributed by atoms with Crippen molar-refractivity contribution in [2.75, 3.05) is 18.4 Å². The first kappa shape index (κ1) is 13.9. The van der Waals surface area contributed by atoms with Gasteiger partial charge in [-0.1, -0.05) is 24.3 Å². The smallest absolute Gasteiger partial charge is 0.256 e. The van der Waals surface area contributed by atoms with E-state index in [4.69, 9.17) is 0 Å². The predicted octanol–water partition coefficient (Wildman–Crippen LogP) is 3.29. The number of rotatable bonds is 3. The number of fused-ring (bicyclic) bond motifs is 1. The molecule has 2 aromatic rings. The lowest BCUT2D eigenvalue weighted by atomic mass is 10.1. The van der Waals surface area contributed by atoms with Crippen molar-refractivity contribution in [2.24, 2.45) is 0 Å². The summed E-state index contributed by atoms with van der Waals surface area (Å²) < 4.78 is 0. The monoisotopic (exact) mass is 283 g/mol. The summed E-state index contributed by atoms with van der Waals surface area (Å²) in [4.78, 5) is 19.2. The summed E-state index contributed by atoms with van der Waals surface area (Å²) in [7, 11) is 0. The number of amides is 1. The predicted molar refractivity (Wildman–Crippen MR) is 85.6 cm³/mol. The van der Waals surface area contributed by atoms with Crippen LogP contribution >= 0.6 is 0 Å². The summed E-state index contributed by atoms with van der Waals surface area (Å²) in [6.45, 7) is 5.83. The van der Waals surface area contributed by atoms with E-state index in [-0.39, 0.29) is 5.91 Å². The van der Waals surface area contributed by atoms with Crippen LogP contribution in [-0.2, 0) is 0 Å². The second-order valence-electron chi connectivity index (χ2n) is 5.59. The normalized spacial score (nSPS) is 18.2. The van der Waals surface area contributed by atoms with Crippen LogP contribution in [0.4, 0.5) is 5.82 Å². The highest BCUT2D eigenvalue weighted by atomic mass is 16.2. The molecule has 0 saturated carbocycles. The van der Waals surface area contributed by atoms with E-state index in [1.165, 1.54) is 0 Å². The van der Waals surface area contributed by atoms with Crippen LogP contribution < -0.4 is 5.32 Å². The van der Waals surface area contributed by atoms with Crippen LogP contribution in [0.5, 0.6) is 0 Å². The van der Waals surface area contributed by atoms with Crippen LogP contribution in [0.2, 0.25) is 0 Å². The summed E-state index contributed by atoms with van der Waals surface area (Å²) in [5, 5.41) is 5.25. The van der Waals surface area contributed by atoms with E-state index in [2.05, 4.69) is 17.2 Å². The summed E-state index contributed by atoms with van der Waals surface area (Å²) in [5.74, 6) is 0.950. The zero-order valence-electron chi connectivity index (χ0n) is 12.6. The number of pyridine rings is 1. The maximum Gasteiger partial charge on any atom is 0.256 e. The lowest BCUT2D eigenvalue weighted by molar-refractivity contribution is 0.0749. The van der Waals surface area contributed by atoms with Gasteiger partial charge in [0.2, 0.25) is 0 Å².